The minimum Gasteiger partial charge on any atom is -0.360 e. The van der Waals surface area contributed by atoms with E-state index in [-0.39, 0.29) is 11.8 Å². The van der Waals surface area contributed by atoms with Crippen LogP contribution in [0.5, 0.6) is 0 Å². The second-order valence-electron chi connectivity index (χ2n) is 7.38. The van der Waals surface area contributed by atoms with Crippen molar-refractivity contribution in [3.05, 3.63) is 17.5 Å². The first-order valence-corrected chi connectivity index (χ1v) is 9.30. The Morgan fingerprint density at radius 1 is 1.12 bits per heavy atom. The van der Waals surface area contributed by atoms with Crippen LogP contribution in [0.4, 0.5) is 0 Å². The Morgan fingerprint density at radius 2 is 1.92 bits per heavy atom. The molecule has 24 heavy (non-hydrogen) atoms. The number of nitrogens with zero attached hydrogens (tertiary/aromatic N) is 2. The first-order chi connectivity index (χ1) is 11.7. The maximum atomic E-state index is 12.8. The second kappa shape index (κ2) is 6.57. The molecule has 0 radical (unpaired) electrons. The van der Waals surface area contributed by atoms with Crippen molar-refractivity contribution in [3.8, 4) is 0 Å². The number of likely N-dealkylation sites (tertiary alicyclic amines) is 1. The lowest BCUT2D eigenvalue weighted by atomic mass is 9.91. The molecule has 0 bridgehead atoms. The van der Waals surface area contributed by atoms with Gasteiger partial charge in [0.15, 0.2) is 5.69 Å². The van der Waals surface area contributed by atoms with Crippen molar-refractivity contribution in [2.45, 2.75) is 75.8 Å². The highest BCUT2D eigenvalue weighted by Crippen LogP contribution is 2.40. The Kier molecular flexibility index (Phi) is 4.29. The predicted molar refractivity (Wildman–Crippen MR) is 87.6 cm³/mol. The van der Waals surface area contributed by atoms with Crippen LogP contribution in [0, 0.1) is 0 Å². The van der Waals surface area contributed by atoms with Gasteiger partial charge in [0.2, 0.25) is 5.91 Å². The van der Waals surface area contributed by atoms with Crippen molar-refractivity contribution in [3.63, 3.8) is 0 Å². The summed E-state index contributed by atoms with van der Waals surface area (Å²) < 4.78 is 5.24. The van der Waals surface area contributed by atoms with Crippen molar-refractivity contribution in [1.29, 1.82) is 0 Å². The Balaban J connectivity index is 1.39. The number of carbonyl (C=O) groups excluding carboxylic acids is 2. The molecule has 1 N–H and O–H groups in total. The molecular weight excluding hydrogens is 306 g/mol. The minimum atomic E-state index is -0.422. The minimum absolute atomic E-state index is 0.0763. The molecule has 2 amide bonds. The fourth-order valence-corrected chi connectivity index (χ4v) is 3.98. The van der Waals surface area contributed by atoms with Gasteiger partial charge in [-0.1, -0.05) is 24.4 Å². The van der Waals surface area contributed by atoms with E-state index in [1.54, 1.807) is 6.07 Å². The third-order valence-corrected chi connectivity index (χ3v) is 5.53. The molecule has 6 nitrogen and oxygen atoms in total. The zero-order valence-electron chi connectivity index (χ0n) is 14.0. The third kappa shape index (κ3) is 3.19. The lowest BCUT2D eigenvalue weighted by Gasteiger charge is -2.39. The molecule has 1 atom stereocenters. The molecule has 2 saturated carbocycles. The van der Waals surface area contributed by atoms with E-state index in [4.69, 9.17) is 4.52 Å². The first kappa shape index (κ1) is 15.7. The largest absolute Gasteiger partial charge is 0.360 e. The standard InChI is InChI=1S/C18H25N3O3/c22-17(15-11-16(24-20-15)12-8-9-12)19-14-7-4-10-21(18(14)23)13-5-2-1-3-6-13/h11-14H,1-10H2,(H,19,22)/t14-/m0/s1. The highest BCUT2D eigenvalue weighted by Gasteiger charge is 2.35. The summed E-state index contributed by atoms with van der Waals surface area (Å²) in [4.78, 5) is 27.2. The van der Waals surface area contributed by atoms with Gasteiger partial charge in [-0.25, -0.2) is 0 Å². The van der Waals surface area contributed by atoms with Gasteiger partial charge in [0.25, 0.3) is 5.91 Å². The van der Waals surface area contributed by atoms with Crippen LogP contribution in [-0.2, 0) is 4.79 Å². The topological polar surface area (TPSA) is 75.4 Å². The summed E-state index contributed by atoms with van der Waals surface area (Å²) in [6, 6.07) is 1.66. The summed E-state index contributed by atoms with van der Waals surface area (Å²) in [5.74, 6) is 0.998. The molecule has 3 fully saturated rings. The molecule has 2 aliphatic carbocycles. The Morgan fingerprint density at radius 3 is 2.67 bits per heavy atom. The molecular formula is C18H25N3O3. The molecule has 0 spiro atoms. The highest BCUT2D eigenvalue weighted by molar-refractivity contribution is 5.96. The number of nitrogens with one attached hydrogen (secondary N) is 1. The number of hydrogen-bond donors (Lipinski definition) is 1. The summed E-state index contributed by atoms with van der Waals surface area (Å²) in [6.07, 6.45) is 9.74. The van der Waals surface area contributed by atoms with Gasteiger partial charge in [0, 0.05) is 24.6 Å². The number of carbonyl (C=O) groups is 2. The zero-order valence-corrected chi connectivity index (χ0v) is 14.0. The first-order valence-electron chi connectivity index (χ1n) is 9.30. The molecule has 1 saturated heterocycles. The highest BCUT2D eigenvalue weighted by atomic mass is 16.5. The van der Waals surface area contributed by atoms with Crippen molar-refractivity contribution >= 4 is 11.8 Å². The van der Waals surface area contributed by atoms with Crippen LogP contribution in [0.25, 0.3) is 0 Å². The maximum absolute atomic E-state index is 12.8. The Bertz CT molecular complexity index is 617. The fourth-order valence-electron chi connectivity index (χ4n) is 3.98. The van der Waals surface area contributed by atoms with E-state index in [0.29, 0.717) is 24.1 Å². The van der Waals surface area contributed by atoms with Crippen LogP contribution in [0.2, 0.25) is 0 Å². The van der Waals surface area contributed by atoms with Crippen LogP contribution in [0.1, 0.15) is 80.0 Å². The maximum Gasteiger partial charge on any atom is 0.274 e. The molecule has 0 aromatic carbocycles. The molecule has 2 heterocycles. The number of rotatable bonds is 4. The van der Waals surface area contributed by atoms with Crippen LogP contribution < -0.4 is 5.32 Å². The molecule has 1 aliphatic heterocycles. The summed E-state index contributed by atoms with van der Waals surface area (Å²) in [5.41, 5.74) is 0.291. The van der Waals surface area contributed by atoms with Gasteiger partial charge in [0.05, 0.1) is 0 Å². The van der Waals surface area contributed by atoms with E-state index in [0.717, 1.165) is 44.4 Å². The van der Waals surface area contributed by atoms with Gasteiger partial charge in [-0.15, -0.1) is 0 Å². The quantitative estimate of drug-likeness (QED) is 0.920. The van der Waals surface area contributed by atoms with E-state index in [1.165, 1.54) is 19.3 Å². The molecule has 130 valence electrons. The normalized spacial score (nSPS) is 25.8. The van der Waals surface area contributed by atoms with Crippen LogP contribution in [0.15, 0.2) is 10.6 Å². The number of aromatic nitrogens is 1. The van der Waals surface area contributed by atoms with Crippen molar-refractivity contribution in [2.75, 3.05) is 6.54 Å². The van der Waals surface area contributed by atoms with E-state index in [9.17, 15) is 9.59 Å². The van der Waals surface area contributed by atoms with Gasteiger partial charge < -0.3 is 14.7 Å². The Labute approximate surface area is 141 Å². The molecule has 1 aromatic heterocycles. The summed E-state index contributed by atoms with van der Waals surface area (Å²) >= 11 is 0. The second-order valence-corrected chi connectivity index (χ2v) is 7.38. The zero-order chi connectivity index (χ0) is 16.5. The molecule has 1 aromatic rings. The SMILES string of the molecule is O=C(N[C@H]1CCCN(C2CCCCC2)C1=O)c1cc(C2CC2)on1. The predicted octanol–water partition coefficient (Wildman–Crippen LogP) is 2.61. The van der Waals surface area contributed by atoms with Gasteiger partial charge >= 0.3 is 0 Å². The Hall–Kier alpha value is -1.85. The van der Waals surface area contributed by atoms with E-state index in [1.807, 2.05) is 4.90 Å². The number of amides is 2. The molecule has 4 rings (SSSR count). The number of hydrogen-bond acceptors (Lipinski definition) is 4. The van der Waals surface area contributed by atoms with Crippen LogP contribution in [-0.4, -0.2) is 40.5 Å². The van der Waals surface area contributed by atoms with Crippen molar-refractivity contribution < 1.29 is 14.1 Å². The summed E-state index contributed by atoms with van der Waals surface area (Å²) in [6.45, 7) is 0.825. The van der Waals surface area contributed by atoms with Crippen molar-refractivity contribution in [2.24, 2.45) is 0 Å². The average Bonchev–Trinajstić information content (AvgIpc) is 3.34. The lowest BCUT2D eigenvalue weighted by Crippen LogP contribution is -2.55. The average molecular weight is 331 g/mol. The molecule has 6 heteroatoms. The van der Waals surface area contributed by atoms with E-state index >= 15 is 0 Å². The monoisotopic (exact) mass is 331 g/mol. The number of piperidine rings is 1. The summed E-state index contributed by atoms with van der Waals surface area (Å²) in [5, 5.41) is 6.74. The molecule has 0 unspecified atom stereocenters. The summed E-state index contributed by atoms with van der Waals surface area (Å²) in [7, 11) is 0. The van der Waals surface area contributed by atoms with E-state index in [2.05, 4.69) is 10.5 Å². The van der Waals surface area contributed by atoms with Crippen LogP contribution >= 0.6 is 0 Å². The van der Waals surface area contributed by atoms with Crippen LogP contribution in [0.3, 0.4) is 0 Å². The van der Waals surface area contributed by atoms with Gasteiger partial charge in [-0.3, -0.25) is 9.59 Å². The van der Waals surface area contributed by atoms with Gasteiger partial charge in [0.1, 0.15) is 11.8 Å². The smallest absolute Gasteiger partial charge is 0.274 e. The van der Waals surface area contributed by atoms with Crippen molar-refractivity contribution in [1.82, 2.24) is 15.4 Å². The van der Waals surface area contributed by atoms with Gasteiger partial charge in [-0.2, -0.15) is 0 Å². The third-order valence-electron chi connectivity index (χ3n) is 5.53. The van der Waals surface area contributed by atoms with E-state index < -0.39 is 6.04 Å². The molecule has 3 aliphatic rings. The lowest BCUT2D eigenvalue weighted by molar-refractivity contribution is -0.139. The fraction of sp³-hybridized carbons (Fsp3) is 0.722. The van der Waals surface area contributed by atoms with Gasteiger partial charge in [-0.05, 0) is 38.5 Å².